The van der Waals surface area contributed by atoms with Gasteiger partial charge in [-0.25, -0.2) is 13.8 Å². The number of hydrogen-bond acceptors (Lipinski definition) is 9. The Morgan fingerprint density at radius 3 is 2.62 bits per heavy atom. The van der Waals surface area contributed by atoms with Crippen molar-refractivity contribution in [2.45, 2.75) is 25.6 Å². The first-order chi connectivity index (χ1) is 18.8. The maximum atomic E-state index is 14.8. The molecular formula is C26H34ClF2N5O4S. The summed E-state index contributed by atoms with van der Waals surface area (Å²) in [5.41, 5.74) is 2.71. The van der Waals surface area contributed by atoms with Crippen molar-refractivity contribution in [2.24, 2.45) is 10.9 Å². The zero-order valence-electron chi connectivity index (χ0n) is 22.1. The number of alkyl halides is 1. The number of thiazole rings is 1. The molecule has 3 heterocycles. The lowest BCUT2D eigenvalue weighted by Crippen LogP contribution is -2.37. The van der Waals surface area contributed by atoms with Gasteiger partial charge < -0.3 is 20.3 Å². The number of carbonyl (C=O) groups is 2. The van der Waals surface area contributed by atoms with Gasteiger partial charge >= 0.3 is 0 Å². The van der Waals surface area contributed by atoms with E-state index >= 15 is 0 Å². The maximum absolute atomic E-state index is 14.8. The number of aliphatic hydroxyl groups is 1. The molecule has 0 bridgehead atoms. The molecule has 2 unspecified atom stereocenters. The topological polar surface area (TPSA) is 118 Å². The van der Waals surface area contributed by atoms with E-state index in [1.165, 1.54) is 23.5 Å². The highest BCUT2D eigenvalue weighted by Gasteiger charge is 2.35. The molecule has 3 N–H and O–H groups in total. The number of amidine groups is 1. The third kappa shape index (κ3) is 8.87. The number of carbonyl (C=O) groups excluding carboxylic acids is 1. The number of likely N-dealkylation sites (tertiary alicyclic amines) is 1. The number of aldehydes is 1. The maximum Gasteiger partial charge on any atom is 0.290 e. The van der Waals surface area contributed by atoms with E-state index in [1.807, 2.05) is 24.3 Å². The Balaban J connectivity index is 0.000000998. The van der Waals surface area contributed by atoms with E-state index in [4.69, 9.17) is 31.6 Å². The van der Waals surface area contributed by atoms with Crippen molar-refractivity contribution in [3.8, 4) is 0 Å². The Bertz CT molecular complexity index is 1140. The van der Waals surface area contributed by atoms with Crippen LogP contribution in [0, 0.1) is 11.7 Å². The lowest BCUT2D eigenvalue weighted by molar-refractivity contribution is -0.122. The molecule has 1 fully saturated rings. The predicted molar refractivity (Wildman–Crippen MR) is 148 cm³/mol. The summed E-state index contributed by atoms with van der Waals surface area (Å²) in [5, 5.41) is 20.3. The molecule has 0 saturated carbocycles. The number of likely N-dealkylation sites (N-methyl/N-ethyl adjacent to an activating group) is 1. The van der Waals surface area contributed by atoms with Crippen molar-refractivity contribution < 1.29 is 28.6 Å². The summed E-state index contributed by atoms with van der Waals surface area (Å²) in [6.07, 6.45) is 2.30. The number of aliphatic imine (C=N–C) groups is 1. The largest absolute Gasteiger partial charge is 0.483 e. The fraction of sp³-hybridized carbons (Fsp3) is 0.462. The van der Waals surface area contributed by atoms with Crippen molar-refractivity contribution in [3.63, 3.8) is 0 Å². The van der Waals surface area contributed by atoms with Gasteiger partial charge in [0.05, 0.1) is 6.54 Å². The lowest BCUT2D eigenvalue weighted by Gasteiger charge is -2.30. The summed E-state index contributed by atoms with van der Waals surface area (Å²) < 4.78 is 28.6. The van der Waals surface area contributed by atoms with Crippen LogP contribution in [-0.2, 0) is 9.59 Å². The van der Waals surface area contributed by atoms with Crippen LogP contribution in [0.3, 0.4) is 0 Å². The van der Waals surface area contributed by atoms with Gasteiger partial charge in [-0.1, -0.05) is 24.6 Å². The van der Waals surface area contributed by atoms with Gasteiger partial charge in [-0.15, -0.1) is 11.3 Å². The van der Waals surface area contributed by atoms with Gasteiger partial charge in [-0.05, 0) is 36.7 Å². The van der Waals surface area contributed by atoms with Crippen LogP contribution < -0.4 is 5.32 Å². The van der Waals surface area contributed by atoms with E-state index in [0.717, 1.165) is 35.2 Å². The standard InChI is InChI=1S/C24H28ClF2N5OS.CH2O2.CH4O/c1-3-17-21(14-32-12-15(20(27)13-32)11-31(2)7-8-33)29-23(24-28-6-9-34-24)30-22(17)18-5-4-16(26)10-19(18)25;2-1-3;1-2/h4-6,8-10,15,20,22H,3,7,11-14H2,1-2H3,(H,29,30);1H,(H,2,3);2H,1H3/t15?,20?,22-;;/m1../s1. The van der Waals surface area contributed by atoms with Crippen LogP contribution in [-0.4, -0.2) is 96.6 Å². The molecule has 0 aliphatic carbocycles. The van der Waals surface area contributed by atoms with Crippen LogP contribution in [0.15, 0.2) is 46.0 Å². The number of hydrogen-bond donors (Lipinski definition) is 3. The second kappa shape index (κ2) is 16.4. The Morgan fingerprint density at radius 1 is 1.31 bits per heavy atom. The zero-order chi connectivity index (χ0) is 28.9. The number of carboxylic acid groups (broad SMARTS) is 1. The Kier molecular flexibility index (Phi) is 13.6. The molecule has 1 aromatic carbocycles. The Labute approximate surface area is 235 Å². The molecule has 3 atom stereocenters. The third-order valence-corrected chi connectivity index (χ3v) is 7.38. The van der Waals surface area contributed by atoms with Gasteiger partial charge in [-0.3, -0.25) is 19.6 Å². The van der Waals surface area contributed by atoms with E-state index in [2.05, 4.69) is 15.2 Å². The molecule has 9 nitrogen and oxygen atoms in total. The molecular weight excluding hydrogens is 552 g/mol. The SMILES string of the molecule is CCC1=C(CN2CC(F)C(CN(C)CC=O)C2)NC(c2nccs2)=N[C@H]1c1ccc(F)cc1Cl.CO.O=CO. The summed E-state index contributed by atoms with van der Waals surface area (Å²) in [7, 11) is 2.83. The van der Waals surface area contributed by atoms with Crippen LogP contribution in [0.2, 0.25) is 5.02 Å². The first-order valence-corrected chi connectivity index (χ1v) is 13.5. The molecule has 1 aromatic heterocycles. The smallest absolute Gasteiger partial charge is 0.290 e. The number of rotatable bonds is 9. The highest BCUT2D eigenvalue weighted by atomic mass is 35.5. The number of nitrogens with one attached hydrogen (secondary N) is 1. The van der Waals surface area contributed by atoms with Gasteiger partial charge in [0, 0.05) is 61.5 Å². The molecule has 2 aromatic rings. The Morgan fingerprint density at radius 2 is 2.03 bits per heavy atom. The second-order valence-corrected chi connectivity index (χ2v) is 10.1. The zero-order valence-corrected chi connectivity index (χ0v) is 23.6. The van der Waals surface area contributed by atoms with Crippen molar-refractivity contribution in [2.75, 3.05) is 46.9 Å². The van der Waals surface area contributed by atoms with Gasteiger partial charge in [-0.2, -0.15) is 0 Å². The molecule has 4 rings (SSSR count). The minimum atomic E-state index is -0.960. The molecule has 1 saturated heterocycles. The summed E-state index contributed by atoms with van der Waals surface area (Å²) in [5.74, 6) is 0.0743. The first kappa shape index (κ1) is 32.4. The average Bonchev–Trinajstić information content (AvgIpc) is 3.56. The van der Waals surface area contributed by atoms with Crippen LogP contribution in [0.4, 0.5) is 8.78 Å². The highest BCUT2D eigenvalue weighted by Crippen LogP contribution is 2.38. The normalized spacial score (nSPS) is 20.8. The lowest BCUT2D eigenvalue weighted by atomic mass is 9.93. The monoisotopic (exact) mass is 585 g/mol. The van der Waals surface area contributed by atoms with Crippen molar-refractivity contribution in [1.29, 1.82) is 0 Å². The van der Waals surface area contributed by atoms with Crippen LogP contribution in [0.25, 0.3) is 0 Å². The van der Waals surface area contributed by atoms with Gasteiger partial charge in [0.2, 0.25) is 0 Å². The quantitative estimate of drug-likeness (QED) is 0.383. The minimum Gasteiger partial charge on any atom is -0.483 e. The van der Waals surface area contributed by atoms with E-state index in [-0.39, 0.29) is 18.4 Å². The first-order valence-electron chi connectivity index (χ1n) is 12.2. The number of aromatic nitrogens is 1. The molecule has 2 aliphatic heterocycles. The Hall–Kier alpha value is -2.77. The van der Waals surface area contributed by atoms with Crippen molar-refractivity contribution >= 4 is 41.5 Å². The van der Waals surface area contributed by atoms with Crippen LogP contribution in [0.1, 0.15) is 30.0 Å². The van der Waals surface area contributed by atoms with E-state index in [9.17, 15) is 13.6 Å². The summed E-state index contributed by atoms with van der Waals surface area (Å²) in [4.78, 5) is 32.4. The third-order valence-electron chi connectivity index (χ3n) is 6.27. The van der Waals surface area contributed by atoms with Crippen LogP contribution in [0.5, 0.6) is 0 Å². The van der Waals surface area contributed by atoms with E-state index < -0.39 is 12.0 Å². The molecule has 0 spiro atoms. The number of halogens is 3. The molecule has 214 valence electrons. The van der Waals surface area contributed by atoms with Crippen molar-refractivity contribution in [3.05, 3.63) is 62.5 Å². The number of nitrogens with zero attached hydrogens (tertiary/aromatic N) is 4. The number of benzene rings is 1. The van der Waals surface area contributed by atoms with E-state index in [1.54, 1.807) is 12.3 Å². The highest BCUT2D eigenvalue weighted by molar-refractivity contribution is 7.11. The molecule has 0 amide bonds. The molecule has 0 radical (unpaired) electrons. The second-order valence-electron chi connectivity index (χ2n) is 8.83. The summed E-state index contributed by atoms with van der Waals surface area (Å²) in [6.45, 7) is 4.07. The molecule has 39 heavy (non-hydrogen) atoms. The fourth-order valence-corrected chi connectivity index (χ4v) is 5.51. The van der Waals surface area contributed by atoms with Gasteiger partial charge in [0.1, 0.15) is 24.3 Å². The fourth-order valence-electron chi connectivity index (χ4n) is 4.65. The molecule has 13 heteroatoms. The van der Waals surface area contributed by atoms with Gasteiger partial charge in [0.15, 0.2) is 10.8 Å². The van der Waals surface area contributed by atoms with Crippen LogP contribution >= 0.6 is 22.9 Å². The van der Waals surface area contributed by atoms with E-state index in [0.29, 0.717) is 50.0 Å². The predicted octanol–water partition coefficient (Wildman–Crippen LogP) is 3.40. The van der Waals surface area contributed by atoms with Gasteiger partial charge in [0.25, 0.3) is 6.47 Å². The molecule has 2 aliphatic rings. The minimum absolute atomic E-state index is 0.159. The average molecular weight is 586 g/mol. The summed E-state index contributed by atoms with van der Waals surface area (Å²) >= 11 is 7.90. The number of aliphatic hydroxyl groups excluding tert-OH is 1. The van der Waals surface area contributed by atoms with Crippen molar-refractivity contribution in [1.82, 2.24) is 20.1 Å². The summed E-state index contributed by atoms with van der Waals surface area (Å²) in [6, 6.07) is 3.99.